The summed E-state index contributed by atoms with van der Waals surface area (Å²) < 4.78 is 16.8. The Morgan fingerprint density at radius 1 is 0.317 bits per heavy atom. The molecule has 0 fully saturated rings. The Kier molecular flexibility index (Phi) is 47.8. The van der Waals surface area contributed by atoms with Crippen LogP contribution in [0.15, 0.2) is 24.3 Å². The van der Waals surface area contributed by atoms with Crippen molar-refractivity contribution in [2.45, 2.75) is 290 Å². The molecule has 0 saturated carbocycles. The van der Waals surface area contributed by atoms with E-state index in [4.69, 9.17) is 14.2 Å². The highest BCUT2D eigenvalue weighted by Crippen LogP contribution is 2.15. The third kappa shape index (κ3) is 46.9. The van der Waals surface area contributed by atoms with Crippen molar-refractivity contribution in [3.8, 4) is 0 Å². The third-order valence-corrected chi connectivity index (χ3v) is 11.7. The number of hydrogen-bond acceptors (Lipinski definition) is 6. The van der Waals surface area contributed by atoms with Crippen molar-refractivity contribution in [1.29, 1.82) is 0 Å². The van der Waals surface area contributed by atoms with Gasteiger partial charge in [0.1, 0.15) is 13.2 Å². The van der Waals surface area contributed by atoms with Crippen molar-refractivity contribution < 1.29 is 28.6 Å². The van der Waals surface area contributed by atoms with Gasteiger partial charge < -0.3 is 14.2 Å². The second-order valence-electron chi connectivity index (χ2n) is 17.8. The number of allylic oxidation sites excluding steroid dienone is 4. The molecular formula is C54H100O6. The van der Waals surface area contributed by atoms with Gasteiger partial charge in [0, 0.05) is 19.3 Å². The lowest BCUT2D eigenvalue weighted by Crippen LogP contribution is -2.30. The lowest BCUT2D eigenvalue weighted by molar-refractivity contribution is -0.167. The molecule has 0 heterocycles. The van der Waals surface area contributed by atoms with E-state index in [-0.39, 0.29) is 31.1 Å². The summed E-state index contributed by atoms with van der Waals surface area (Å²) in [7, 11) is 0. The van der Waals surface area contributed by atoms with E-state index in [0.717, 1.165) is 64.2 Å². The van der Waals surface area contributed by atoms with Gasteiger partial charge in [0.2, 0.25) is 0 Å². The molecule has 0 aliphatic rings. The Morgan fingerprint density at radius 2 is 0.550 bits per heavy atom. The number of esters is 3. The highest BCUT2D eigenvalue weighted by atomic mass is 16.6. The zero-order chi connectivity index (χ0) is 43.7. The van der Waals surface area contributed by atoms with Crippen molar-refractivity contribution in [3.63, 3.8) is 0 Å². The summed E-state index contributed by atoms with van der Waals surface area (Å²) in [6.45, 7) is 6.62. The SMILES string of the molecule is CCCCCCC/C=C\CCCCCCCC(=O)OC(COC(=O)CCCCCCCCCCC)COC(=O)CCCCCCCCCCC/C=C\CCCCCCCC. The molecule has 1 unspecified atom stereocenters. The van der Waals surface area contributed by atoms with Gasteiger partial charge in [0.25, 0.3) is 0 Å². The van der Waals surface area contributed by atoms with Crippen molar-refractivity contribution in [3.05, 3.63) is 24.3 Å². The summed E-state index contributed by atoms with van der Waals surface area (Å²) in [5.41, 5.74) is 0. The highest BCUT2D eigenvalue weighted by molar-refractivity contribution is 5.71. The number of hydrogen-bond donors (Lipinski definition) is 0. The Morgan fingerprint density at radius 3 is 0.833 bits per heavy atom. The van der Waals surface area contributed by atoms with Gasteiger partial charge >= 0.3 is 17.9 Å². The lowest BCUT2D eigenvalue weighted by atomic mass is 10.1. The first-order valence-corrected chi connectivity index (χ1v) is 26.3. The summed E-state index contributed by atoms with van der Waals surface area (Å²) in [4.78, 5) is 37.9. The first kappa shape index (κ1) is 57.9. The van der Waals surface area contributed by atoms with E-state index in [0.29, 0.717) is 19.3 Å². The molecule has 0 aromatic rings. The third-order valence-electron chi connectivity index (χ3n) is 11.7. The van der Waals surface area contributed by atoms with E-state index in [1.165, 1.54) is 180 Å². The minimum absolute atomic E-state index is 0.0719. The minimum Gasteiger partial charge on any atom is -0.462 e. The molecule has 0 aromatic heterocycles. The van der Waals surface area contributed by atoms with E-state index in [1.54, 1.807) is 0 Å². The van der Waals surface area contributed by atoms with Crippen LogP contribution in [0.4, 0.5) is 0 Å². The molecule has 0 bridgehead atoms. The lowest BCUT2D eigenvalue weighted by Gasteiger charge is -2.18. The van der Waals surface area contributed by atoms with Gasteiger partial charge in [-0.1, -0.05) is 218 Å². The number of ether oxygens (including phenoxy) is 3. The predicted molar refractivity (Wildman–Crippen MR) is 256 cm³/mol. The Labute approximate surface area is 373 Å². The molecule has 6 nitrogen and oxygen atoms in total. The molecule has 0 rings (SSSR count). The molecule has 0 aliphatic heterocycles. The summed E-state index contributed by atoms with van der Waals surface area (Å²) in [5.74, 6) is -0.873. The standard InChI is InChI=1S/C54H100O6/c1-4-7-10-13-16-19-21-23-25-26-27-28-29-31-32-35-38-41-44-47-53(56)59-50-51(49-58-52(55)46-43-40-37-34-18-15-12-9-6-3)60-54(57)48-45-42-39-36-33-30-24-22-20-17-14-11-8-5-2/h22-25,51H,4-21,26-50H2,1-3H3/b24-22-,25-23-. The molecule has 0 aliphatic carbocycles. The molecule has 0 saturated heterocycles. The molecule has 0 aromatic carbocycles. The Balaban J connectivity index is 4.27. The van der Waals surface area contributed by atoms with E-state index < -0.39 is 6.10 Å². The molecular weight excluding hydrogens is 745 g/mol. The number of unbranched alkanes of at least 4 members (excludes halogenated alkanes) is 33. The van der Waals surface area contributed by atoms with Crippen LogP contribution >= 0.6 is 0 Å². The summed E-state index contributed by atoms with van der Waals surface area (Å²) >= 11 is 0. The second kappa shape index (κ2) is 49.5. The fourth-order valence-corrected chi connectivity index (χ4v) is 7.67. The fourth-order valence-electron chi connectivity index (χ4n) is 7.67. The van der Waals surface area contributed by atoms with Gasteiger partial charge in [-0.2, -0.15) is 0 Å². The maximum absolute atomic E-state index is 12.8. The van der Waals surface area contributed by atoms with Crippen LogP contribution in [0.2, 0.25) is 0 Å². The normalized spacial score (nSPS) is 12.1. The molecule has 0 amide bonds. The number of carbonyl (C=O) groups excluding carboxylic acids is 3. The number of rotatable bonds is 48. The Hall–Kier alpha value is -2.11. The smallest absolute Gasteiger partial charge is 0.306 e. The Bertz CT molecular complexity index is 973. The molecule has 6 heteroatoms. The monoisotopic (exact) mass is 845 g/mol. The van der Waals surface area contributed by atoms with Gasteiger partial charge in [0.15, 0.2) is 6.10 Å². The van der Waals surface area contributed by atoms with Crippen molar-refractivity contribution >= 4 is 17.9 Å². The average Bonchev–Trinajstić information content (AvgIpc) is 3.24. The molecule has 0 spiro atoms. The predicted octanol–water partition coefficient (Wildman–Crippen LogP) is 17.2. The fraction of sp³-hybridized carbons (Fsp3) is 0.870. The first-order chi connectivity index (χ1) is 29.5. The second-order valence-corrected chi connectivity index (χ2v) is 17.8. The first-order valence-electron chi connectivity index (χ1n) is 26.3. The van der Waals surface area contributed by atoms with Crippen molar-refractivity contribution in [2.24, 2.45) is 0 Å². The van der Waals surface area contributed by atoms with Crippen molar-refractivity contribution in [1.82, 2.24) is 0 Å². The molecule has 0 N–H and O–H groups in total. The van der Waals surface area contributed by atoms with Crippen LogP contribution in [0.25, 0.3) is 0 Å². The maximum atomic E-state index is 12.8. The van der Waals surface area contributed by atoms with Crippen LogP contribution in [0, 0.1) is 0 Å². The molecule has 352 valence electrons. The van der Waals surface area contributed by atoms with Crippen LogP contribution in [-0.4, -0.2) is 37.2 Å². The van der Waals surface area contributed by atoms with Gasteiger partial charge in [-0.25, -0.2) is 0 Å². The van der Waals surface area contributed by atoms with Crippen LogP contribution in [0.1, 0.15) is 284 Å². The van der Waals surface area contributed by atoms with Crippen LogP contribution in [0.3, 0.4) is 0 Å². The maximum Gasteiger partial charge on any atom is 0.306 e. The van der Waals surface area contributed by atoms with E-state index in [9.17, 15) is 14.4 Å². The molecule has 1 atom stereocenters. The minimum atomic E-state index is -0.770. The van der Waals surface area contributed by atoms with E-state index >= 15 is 0 Å². The average molecular weight is 845 g/mol. The van der Waals surface area contributed by atoms with Gasteiger partial charge in [-0.05, 0) is 70.6 Å². The summed E-state index contributed by atoms with van der Waals surface area (Å²) in [6.07, 6.45) is 55.9. The topological polar surface area (TPSA) is 78.9 Å². The van der Waals surface area contributed by atoms with Gasteiger partial charge in [-0.3, -0.25) is 14.4 Å². The number of carbonyl (C=O) groups is 3. The zero-order valence-electron chi connectivity index (χ0n) is 40.2. The summed E-state index contributed by atoms with van der Waals surface area (Å²) in [6, 6.07) is 0. The summed E-state index contributed by atoms with van der Waals surface area (Å²) in [5, 5.41) is 0. The largest absolute Gasteiger partial charge is 0.462 e. The van der Waals surface area contributed by atoms with Gasteiger partial charge in [-0.15, -0.1) is 0 Å². The zero-order valence-corrected chi connectivity index (χ0v) is 40.2. The van der Waals surface area contributed by atoms with Crippen LogP contribution < -0.4 is 0 Å². The van der Waals surface area contributed by atoms with E-state index in [2.05, 4.69) is 45.1 Å². The molecule has 0 radical (unpaired) electrons. The van der Waals surface area contributed by atoms with Gasteiger partial charge in [0.05, 0.1) is 0 Å². The van der Waals surface area contributed by atoms with Crippen LogP contribution in [0.5, 0.6) is 0 Å². The van der Waals surface area contributed by atoms with E-state index in [1.807, 2.05) is 0 Å². The van der Waals surface area contributed by atoms with Crippen LogP contribution in [-0.2, 0) is 28.6 Å². The highest BCUT2D eigenvalue weighted by Gasteiger charge is 2.19. The molecule has 60 heavy (non-hydrogen) atoms. The van der Waals surface area contributed by atoms with Crippen molar-refractivity contribution in [2.75, 3.05) is 13.2 Å². The quantitative estimate of drug-likeness (QED) is 0.0263.